The zero-order valence-corrected chi connectivity index (χ0v) is 18.7. The highest BCUT2D eigenvalue weighted by Crippen LogP contribution is 2.68. The van der Waals surface area contributed by atoms with Crippen LogP contribution < -0.4 is 0 Å². The fourth-order valence-corrected chi connectivity index (χ4v) is 6.29. The molecule has 1 saturated carbocycles. The minimum atomic E-state index is -0.967. The van der Waals surface area contributed by atoms with Crippen molar-refractivity contribution in [3.8, 4) is 0 Å². The summed E-state index contributed by atoms with van der Waals surface area (Å²) in [5.41, 5.74) is 8.40. The Kier molecular flexibility index (Phi) is 3.95. The van der Waals surface area contributed by atoms with E-state index < -0.39 is 5.97 Å². The van der Waals surface area contributed by atoms with Gasteiger partial charge in [0.2, 0.25) is 0 Å². The van der Waals surface area contributed by atoms with Gasteiger partial charge in [-0.25, -0.2) is 9.78 Å². The van der Waals surface area contributed by atoms with Crippen LogP contribution in [0.25, 0.3) is 5.57 Å². The summed E-state index contributed by atoms with van der Waals surface area (Å²) in [6, 6.07) is 10.3. The van der Waals surface area contributed by atoms with Gasteiger partial charge in [0.25, 0.3) is 0 Å². The summed E-state index contributed by atoms with van der Waals surface area (Å²) in [6.45, 7) is 11.8. The molecular formula is C27H31NO2. The number of aromatic carboxylic acids is 1. The van der Waals surface area contributed by atoms with Gasteiger partial charge in [-0.1, -0.05) is 52.0 Å². The van der Waals surface area contributed by atoms with Crippen LogP contribution in [-0.2, 0) is 16.2 Å². The first-order valence-corrected chi connectivity index (χ1v) is 11.1. The third-order valence-electron chi connectivity index (χ3n) is 8.07. The molecule has 5 rings (SSSR count). The number of fused-ring (bicyclic) bond motifs is 2. The molecule has 3 heteroatoms. The molecule has 3 nitrogen and oxygen atoms in total. The fraction of sp³-hybridized carbons (Fsp3) is 0.481. The van der Waals surface area contributed by atoms with Gasteiger partial charge in [-0.3, -0.25) is 0 Å². The Hall–Kier alpha value is -2.42. The number of carbonyl (C=O) groups is 1. The number of hydrogen-bond donors (Lipinski definition) is 1. The summed E-state index contributed by atoms with van der Waals surface area (Å²) in [6.07, 6.45) is 6.92. The number of carboxylic acids is 1. The number of aryl methyl sites for hydroxylation is 1. The van der Waals surface area contributed by atoms with Crippen LogP contribution in [0.1, 0.15) is 91.8 Å². The highest BCUT2D eigenvalue weighted by atomic mass is 16.4. The Labute approximate surface area is 179 Å². The molecule has 2 unspecified atom stereocenters. The van der Waals surface area contributed by atoms with Crippen LogP contribution in [0.2, 0.25) is 0 Å². The van der Waals surface area contributed by atoms with Crippen molar-refractivity contribution in [3.05, 3.63) is 70.0 Å². The fourth-order valence-electron chi connectivity index (χ4n) is 6.29. The van der Waals surface area contributed by atoms with E-state index in [2.05, 4.69) is 57.8 Å². The van der Waals surface area contributed by atoms with Crippen molar-refractivity contribution < 1.29 is 9.90 Å². The first-order valence-electron chi connectivity index (χ1n) is 11.1. The number of allylic oxidation sites excluding steroid dienone is 2. The summed E-state index contributed by atoms with van der Waals surface area (Å²) in [4.78, 5) is 16.0. The zero-order chi connectivity index (χ0) is 21.5. The Morgan fingerprint density at radius 1 is 1.10 bits per heavy atom. The van der Waals surface area contributed by atoms with Crippen LogP contribution in [0.15, 0.2) is 36.4 Å². The highest BCUT2D eigenvalue weighted by molar-refractivity contribution is 5.87. The minimum Gasteiger partial charge on any atom is -0.477 e. The monoisotopic (exact) mass is 401 g/mol. The van der Waals surface area contributed by atoms with Crippen molar-refractivity contribution in [3.63, 3.8) is 0 Å². The Bertz CT molecular complexity index is 1110. The molecular weight excluding hydrogens is 370 g/mol. The Morgan fingerprint density at radius 3 is 2.53 bits per heavy atom. The highest BCUT2D eigenvalue weighted by Gasteiger charge is 2.61. The van der Waals surface area contributed by atoms with Crippen molar-refractivity contribution >= 4 is 11.5 Å². The number of aromatic nitrogens is 1. The van der Waals surface area contributed by atoms with Gasteiger partial charge in [-0.05, 0) is 89.3 Å². The lowest BCUT2D eigenvalue weighted by atomic mass is 9.61. The standard InChI is InChI=1S/C27H31NO2/c1-16-13-18(14-20-23(16)26(4,5)12-11-25(20,2)3)27-15-17(27)9-10-19(27)21-7-6-8-22(28-21)24(29)30/h6-8,10,13-14,17H,9,11-12,15H2,1-5H3,(H,29,30). The molecule has 0 aliphatic heterocycles. The van der Waals surface area contributed by atoms with E-state index in [4.69, 9.17) is 0 Å². The molecule has 0 spiro atoms. The molecule has 0 saturated heterocycles. The third kappa shape index (κ3) is 2.64. The smallest absolute Gasteiger partial charge is 0.354 e. The van der Waals surface area contributed by atoms with Gasteiger partial charge < -0.3 is 5.11 Å². The number of hydrogen-bond acceptors (Lipinski definition) is 2. The lowest BCUT2D eigenvalue weighted by molar-refractivity contribution is 0.0690. The lowest BCUT2D eigenvalue weighted by Gasteiger charge is -2.43. The number of nitrogens with zero attached hydrogens (tertiary/aromatic N) is 1. The normalized spacial score (nSPS) is 27.8. The number of carboxylic acid groups (broad SMARTS) is 1. The SMILES string of the molecule is Cc1cc(C23CC2CC=C3c2cccc(C(=O)O)n2)cc2c1C(C)(C)CCC2(C)C. The molecule has 30 heavy (non-hydrogen) atoms. The van der Waals surface area contributed by atoms with Crippen molar-refractivity contribution in [1.82, 2.24) is 4.98 Å². The maximum Gasteiger partial charge on any atom is 0.354 e. The Balaban J connectivity index is 1.65. The van der Waals surface area contributed by atoms with E-state index in [-0.39, 0.29) is 21.9 Å². The molecule has 0 radical (unpaired) electrons. The molecule has 2 aromatic rings. The largest absolute Gasteiger partial charge is 0.477 e. The molecule has 1 aromatic heterocycles. The molecule has 1 fully saturated rings. The maximum absolute atomic E-state index is 11.5. The van der Waals surface area contributed by atoms with Crippen LogP contribution in [-0.4, -0.2) is 16.1 Å². The van der Waals surface area contributed by atoms with Crippen LogP contribution in [0, 0.1) is 12.8 Å². The van der Waals surface area contributed by atoms with Gasteiger partial charge in [0.1, 0.15) is 5.69 Å². The quantitative estimate of drug-likeness (QED) is 0.668. The van der Waals surface area contributed by atoms with Gasteiger partial charge in [0.05, 0.1) is 5.69 Å². The number of benzene rings is 1. The van der Waals surface area contributed by atoms with Gasteiger partial charge in [0, 0.05) is 5.41 Å². The zero-order valence-electron chi connectivity index (χ0n) is 18.7. The molecule has 1 N–H and O–H groups in total. The van der Waals surface area contributed by atoms with Crippen molar-refractivity contribution in [2.24, 2.45) is 5.92 Å². The van der Waals surface area contributed by atoms with Gasteiger partial charge in [-0.2, -0.15) is 0 Å². The second-order valence-corrected chi connectivity index (χ2v) is 10.9. The molecule has 3 aliphatic rings. The molecule has 0 amide bonds. The summed E-state index contributed by atoms with van der Waals surface area (Å²) in [5, 5.41) is 9.40. The van der Waals surface area contributed by atoms with Crippen molar-refractivity contribution in [1.29, 1.82) is 0 Å². The van der Waals surface area contributed by atoms with Gasteiger partial charge >= 0.3 is 5.97 Å². The van der Waals surface area contributed by atoms with E-state index in [0.29, 0.717) is 5.92 Å². The van der Waals surface area contributed by atoms with Crippen molar-refractivity contribution in [2.45, 2.75) is 76.5 Å². The second kappa shape index (κ2) is 6.06. The first-order chi connectivity index (χ1) is 14.1. The number of rotatable bonds is 3. The van der Waals surface area contributed by atoms with Crippen LogP contribution in [0.3, 0.4) is 0 Å². The van der Waals surface area contributed by atoms with Crippen molar-refractivity contribution in [2.75, 3.05) is 0 Å². The molecule has 0 bridgehead atoms. The molecule has 1 heterocycles. The summed E-state index contributed by atoms with van der Waals surface area (Å²) < 4.78 is 0. The van der Waals surface area contributed by atoms with Gasteiger partial charge in [-0.15, -0.1) is 0 Å². The summed E-state index contributed by atoms with van der Waals surface area (Å²) in [5.74, 6) is -0.356. The lowest BCUT2D eigenvalue weighted by Crippen LogP contribution is -2.35. The molecule has 1 aromatic carbocycles. The average Bonchev–Trinajstić information content (AvgIpc) is 3.30. The second-order valence-electron chi connectivity index (χ2n) is 10.9. The van der Waals surface area contributed by atoms with E-state index in [1.54, 1.807) is 6.07 Å². The predicted molar refractivity (Wildman–Crippen MR) is 120 cm³/mol. The van der Waals surface area contributed by atoms with Crippen LogP contribution in [0.4, 0.5) is 0 Å². The molecule has 3 aliphatic carbocycles. The maximum atomic E-state index is 11.5. The van der Waals surface area contributed by atoms with Gasteiger partial charge in [0.15, 0.2) is 0 Å². The Morgan fingerprint density at radius 2 is 1.83 bits per heavy atom. The average molecular weight is 402 g/mol. The molecule has 156 valence electrons. The van der Waals surface area contributed by atoms with E-state index in [1.165, 1.54) is 40.7 Å². The summed E-state index contributed by atoms with van der Waals surface area (Å²) in [7, 11) is 0. The predicted octanol–water partition coefficient (Wildman–Crippen LogP) is 6.18. The first kappa shape index (κ1) is 19.5. The third-order valence-corrected chi connectivity index (χ3v) is 8.07. The number of pyridine rings is 1. The van der Waals surface area contributed by atoms with E-state index in [0.717, 1.165) is 18.5 Å². The van der Waals surface area contributed by atoms with Crippen LogP contribution in [0.5, 0.6) is 0 Å². The topological polar surface area (TPSA) is 50.2 Å². The van der Waals surface area contributed by atoms with E-state index >= 15 is 0 Å². The van der Waals surface area contributed by atoms with E-state index in [1.807, 2.05) is 12.1 Å². The molecule has 2 atom stereocenters. The summed E-state index contributed by atoms with van der Waals surface area (Å²) >= 11 is 0. The van der Waals surface area contributed by atoms with E-state index in [9.17, 15) is 9.90 Å². The van der Waals surface area contributed by atoms with Crippen LogP contribution >= 0.6 is 0 Å². The minimum absolute atomic E-state index is 0.00157.